The van der Waals surface area contributed by atoms with Gasteiger partial charge in [-0.1, -0.05) is 0 Å². The zero-order chi connectivity index (χ0) is 9.59. The molecule has 4 N–H and O–H groups in total. The van der Waals surface area contributed by atoms with Crippen molar-refractivity contribution in [3.05, 3.63) is 17.7 Å². The van der Waals surface area contributed by atoms with E-state index in [1.54, 1.807) is 0 Å². The fourth-order valence-corrected chi connectivity index (χ4v) is 1.85. The highest BCUT2D eigenvalue weighted by Gasteiger charge is 2.23. The van der Waals surface area contributed by atoms with Crippen LogP contribution in [0.5, 0.6) is 0 Å². The number of benzene rings is 1. The van der Waals surface area contributed by atoms with E-state index in [2.05, 4.69) is 18.9 Å². The van der Waals surface area contributed by atoms with Gasteiger partial charge in [0.15, 0.2) is 0 Å². The number of hydrogen-bond donors (Lipinski definition) is 2. The summed E-state index contributed by atoms with van der Waals surface area (Å²) < 4.78 is 0. The number of rotatable bonds is 0. The lowest BCUT2D eigenvalue weighted by molar-refractivity contribution is 0.732. The average Bonchev–Trinajstić information content (AvgIpc) is 2.32. The van der Waals surface area contributed by atoms with Crippen LogP contribution >= 0.6 is 0 Å². The molecule has 3 heteroatoms. The average molecular weight is 177 g/mol. The van der Waals surface area contributed by atoms with E-state index in [0.717, 1.165) is 6.42 Å². The van der Waals surface area contributed by atoms with Crippen LogP contribution in [0, 0.1) is 0 Å². The molecule has 0 aliphatic carbocycles. The topological polar surface area (TPSA) is 55.3 Å². The van der Waals surface area contributed by atoms with Gasteiger partial charge in [-0.05, 0) is 31.0 Å². The summed E-state index contributed by atoms with van der Waals surface area (Å²) in [5, 5.41) is 0. The van der Waals surface area contributed by atoms with E-state index in [9.17, 15) is 0 Å². The summed E-state index contributed by atoms with van der Waals surface area (Å²) in [5.41, 5.74) is 15.4. The molecule has 1 aliphatic heterocycles. The first-order chi connectivity index (χ1) is 6.09. The lowest BCUT2D eigenvalue weighted by atomic mass is 10.1. The fourth-order valence-electron chi connectivity index (χ4n) is 1.85. The smallest absolute Gasteiger partial charge is 0.0568 e. The Morgan fingerprint density at radius 1 is 1.31 bits per heavy atom. The molecule has 1 aromatic carbocycles. The number of likely N-dealkylation sites (N-methyl/N-ethyl adjacent to an activating group) is 1. The van der Waals surface area contributed by atoms with Crippen LogP contribution < -0.4 is 16.4 Å². The Balaban J connectivity index is 2.53. The van der Waals surface area contributed by atoms with Crippen LogP contribution in [0.25, 0.3) is 0 Å². The van der Waals surface area contributed by atoms with Gasteiger partial charge in [-0.15, -0.1) is 0 Å². The van der Waals surface area contributed by atoms with Crippen LogP contribution in [-0.2, 0) is 6.42 Å². The van der Waals surface area contributed by atoms with E-state index in [-0.39, 0.29) is 0 Å². The minimum atomic E-state index is 0.552. The third-order valence-corrected chi connectivity index (χ3v) is 2.84. The Hall–Kier alpha value is -1.38. The van der Waals surface area contributed by atoms with Crippen LogP contribution in [0.15, 0.2) is 12.1 Å². The van der Waals surface area contributed by atoms with Crippen molar-refractivity contribution >= 4 is 17.1 Å². The van der Waals surface area contributed by atoms with E-state index in [1.165, 1.54) is 11.3 Å². The molecule has 0 bridgehead atoms. The molecule has 3 nitrogen and oxygen atoms in total. The summed E-state index contributed by atoms with van der Waals surface area (Å²) in [4.78, 5) is 2.24. The van der Waals surface area contributed by atoms with Crippen molar-refractivity contribution in [1.29, 1.82) is 0 Å². The third kappa shape index (κ3) is 1.11. The lowest BCUT2D eigenvalue weighted by Gasteiger charge is -2.18. The summed E-state index contributed by atoms with van der Waals surface area (Å²) in [6.07, 6.45) is 1.07. The van der Waals surface area contributed by atoms with Gasteiger partial charge in [0.1, 0.15) is 0 Å². The predicted molar refractivity (Wildman–Crippen MR) is 56.8 cm³/mol. The molecule has 0 aromatic heterocycles. The fraction of sp³-hybridized carbons (Fsp3) is 0.400. The van der Waals surface area contributed by atoms with Gasteiger partial charge in [0.2, 0.25) is 0 Å². The number of nitrogens with zero attached hydrogens (tertiary/aromatic N) is 1. The van der Waals surface area contributed by atoms with Gasteiger partial charge in [-0.25, -0.2) is 0 Å². The molecule has 2 rings (SSSR count). The standard InChI is InChI=1S/C10H15N3/c1-6-3-7-4-8(11)9(12)5-10(7)13(6)2/h4-6H,3,11-12H2,1-2H3. The zero-order valence-electron chi connectivity index (χ0n) is 8.04. The van der Waals surface area contributed by atoms with E-state index >= 15 is 0 Å². The highest BCUT2D eigenvalue weighted by atomic mass is 15.1. The Bertz CT molecular complexity index is 346. The van der Waals surface area contributed by atoms with Crippen molar-refractivity contribution in [3.63, 3.8) is 0 Å². The van der Waals surface area contributed by atoms with Crippen molar-refractivity contribution in [3.8, 4) is 0 Å². The largest absolute Gasteiger partial charge is 0.397 e. The van der Waals surface area contributed by atoms with E-state index in [1.807, 2.05) is 12.1 Å². The molecule has 0 saturated heterocycles. The van der Waals surface area contributed by atoms with Crippen LogP contribution in [0.4, 0.5) is 17.1 Å². The van der Waals surface area contributed by atoms with Crippen LogP contribution in [0.1, 0.15) is 12.5 Å². The summed E-state index contributed by atoms with van der Waals surface area (Å²) >= 11 is 0. The molecule has 0 fully saturated rings. The highest BCUT2D eigenvalue weighted by Crippen LogP contribution is 2.35. The van der Waals surface area contributed by atoms with Gasteiger partial charge in [0, 0.05) is 18.8 Å². The Morgan fingerprint density at radius 2 is 1.92 bits per heavy atom. The first kappa shape index (κ1) is 8.23. The number of anilines is 3. The molecule has 0 saturated carbocycles. The first-order valence-electron chi connectivity index (χ1n) is 4.50. The molecule has 13 heavy (non-hydrogen) atoms. The maximum atomic E-state index is 5.75. The second kappa shape index (κ2) is 2.55. The van der Waals surface area contributed by atoms with Crippen LogP contribution in [0.3, 0.4) is 0 Å². The summed E-state index contributed by atoms with van der Waals surface area (Å²) in [5.74, 6) is 0. The quantitative estimate of drug-likeness (QED) is 0.586. The van der Waals surface area contributed by atoms with Crippen molar-refractivity contribution in [2.24, 2.45) is 0 Å². The van der Waals surface area contributed by atoms with Crippen molar-refractivity contribution in [1.82, 2.24) is 0 Å². The monoisotopic (exact) mass is 177 g/mol. The minimum absolute atomic E-state index is 0.552. The minimum Gasteiger partial charge on any atom is -0.397 e. The number of nitrogen functional groups attached to an aromatic ring is 2. The molecule has 1 atom stereocenters. The van der Waals surface area contributed by atoms with Crippen LogP contribution in [0.2, 0.25) is 0 Å². The highest BCUT2D eigenvalue weighted by molar-refractivity contribution is 5.75. The maximum absolute atomic E-state index is 5.75. The molecular formula is C10H15N3. The Morgan fingerprint density at radius 3 is 2.62 bits per heavy atom. The third-order valence-electron chi connectivity index (χ3n) is 2.84. The number of nitrogens with two attached hydrogens (primary N) is 2. The van der Waals surface area contributed by atoms with E-state index in [0.29, 0.717) is 17.4 Å². The Kier molecular flexibility index (Phi) is 1.62. The second-order valence-electron chi connectivity index (χ2n) is 3.77. The summed E-state index contributed by atoms with van der Waals surface area (Å²) in [6.45, 7) is 2.20. The molecule has 70 valence electrons. The van der Waals surface area contributed by atoms with E-state index < -0.39 is 0 Å². The Labute approximate surface area is 78.3 Å². The first-order valence-corrected chi connectivity index (χ1v) is 4.50. The van der Waals surface area contributed by atoms with Gasteiger partial charge in [-0.2, -0.15) is 0 Å². The molecule has 1 heterocycles. The van der Waals surface area contributed by atoms with Crippen molar-refractivity contribution in [2.75, 3.05) is 23.4 Å². The second-order valence-corrected chi connectivity index (χ2v) is 3.77. The van der Waals surface area contributed by atoms with Gasteiger partial charge < -0.3 is 16.4 Å². The number of fused-ring (bicyclic) bond motifs is 1. The zero-order valence-corrected chi connectivity index (χ0v) is 8.04. The van der Waals surface area contributed by atoms with Crippen molar-refractivity contribution in [2.45, 2.75) is 19.4 Å². The molecule has 0 radical (unpaired) electrons. The van der Waals surface area contributed by atoms with Crippen LogP contribution in [-0.4, -0.2) is 13.1 Å². The molecule has 0 spiro atoms. The molecular weight excluding hydrogens is 162 g/mol. The van der Waals surface area contributed by atoms with E-state index in [4.69, 9.17) is 11.5 Å². The van der Waals surface area contributed by atoms with Gasteiger partial charge in [0.05, 0.1) is 11.4 Å². The molecule has 1 aliphatic rings. The number of hydrogen-bond acceptors (Lipinski definition) is 3. The lowest BCUT2D eigenvalue weighted by Crippen LogP contribution is -2.23. The van der Waals surface area contributed by atoms with Gasteiger partial charge in [-0.3, -0.25) is 0 Å². The predicted octanol–water partition coefficient (Wildman–Crippen LogP) is 1.23. The maximum Gasteiger partial charge on any atom is 0.0568 e. The SMILES string of the molecule is CC1Cc2cc(N)c(N)cc2N1C. The molecule has 1 aromatic rings. The van der Waals surface area contributed by atoms with Gasteiger partial charge >= 0.3 is 0 Å². The summed E-state index contributed by atoms with van der Waals surface area (Å²) in [7, 11) is 2.09. The molecule has 0 amide bonds. The summed E-state index contributed by atoms with van der Waals surface area (Å²) in [6, 6.07) is 4.51. The van der Waals surface area contributed by atoms with Gasteiger partial charge in [0.25, 0.3) is 0 Å². The molecule has 1 unspecified atom stereocenters. The van der Waals surface area contributed by atoms with Crippen molar-refractivity contribution < 1.29 is 0 Å². The normalized spacial score (nSPS) is 20.5.